The summed E-state index contributed by atoms with van der Waals surface area (Å²) in [7, 11) is 0. The van der Waals surface area contributed by atoms with Gasteiger partial charge in [-0.15, -0.1) is 0 Å². The number of nitrogens with zero attached hydrogens (tertiary/aromatic N) is 1. The van der Waals surface area contributed by atoms with Crippen LogP contribution in [0, 0.1) is 6.92 Å². The van der Waals surface area contributed by atoms with Crippen molar-refractivity contribution in [2.45, 2.75) is 20.0 Å². The van der Waals surface area contributed by atoms with E-state index in [9.17, 15) is 9.90 Å². The van der Waals surface area contributed by atoms with Gasteiger partial charge in [-0.2, -0.15) is 0 Å². The molecule has 0 fully saturated rings. The van der Waals surface area contributed by atoms with Crippen LogP contribution in [0.15, 0.2) is 66.7 Å². The van der Waals surface area contributed by atoms with E-state index in [0.29, 0.717) is 23.5 Å². The summed E-state index contributed by atoms with van der Waals surface area (Å²) in [5.41, 5.74) is 3.78. The molecule has 3 aromatic carbocycles. The fourth-order valence-corrected chi connectivity index (χ4v) is 3.47. The molecule has 0 saturated heterocycles. The average molecular weight is 374 g/mol. The summed E-state index contributed by atoms with van der Waals surface area (Å²) < 4.78 is 5.54. The number of para-hydroxylation sites is 2. The van der Waals surface area contributed by atoms with Gasteiger partial charge in [0.2, 0.25) is 0 Å². The van der Waals surface area contributed by atoms with Crippen LogP contribution in [0.4, 0.5) is 11.4 Å². The Bertz CT molecular complexity index is 1010. The molecule has 0 saturated carbocycles. The molecule has 5 nitrogen and oxygen atoms in total. The predicted octanol–water partition coefficient (Wildman–Crippen LogP) is 4.87. The van der Waals surface area contributed by atoms with Crippen LogP contribution in [0.1, 0.15) is 34.6 Å². The number of nitrogens with one attached hydrogen (secondary N) is 1. The Kier molecular flexibility index (Phi) is 4.65. The molecule has 1 aliphatic heterocycles. The van der Waals surface area contributed by atoms with Gasteiger partial charge >= 0.3 is 0 Å². The Morgan fingerprint density at radius 1 is 1.04 bits per heavy atom. The van der Waals surface area contributed by atoms with Gasteiger partial charge in [-0.3, -0.25) is 9.69 Å². The van der Waals surface area contributed by atoms with Gasteiger partial charge in [0.1, 0.15) is 6.17 Å². The highest BCUT2D eigenvalue weighted by molar-refractivity contribution is 6.12. The molecule has 1 atom stereocenters. The van der Waals surface area contributed by atoms with Crippen molar-refractivity contribution < 1.29 is 14.6 Å². The van der Waals surface area contributed by atoms with Crippen molar-refractivity contribution in [2.24, 2.45) is 0 Å². The van der Waals surface area contributed by atoms with E-state index in [0.717, 1.165) is 16.9 Å². The predicted molar refractivity (Wildman–Crippen MR) is 110 cm³/mol. The van der Waals surface area contributed by atoms with Crippen LogP contribution < -0.4 is 15.0 Å². The summed E-state index contributed by atoms with van der Waals surface area (Å²) in [6.07, 6.45) is -0.564. The Hall–Kier alpha value is -3.47. The molecule has 1 heterocycles. The number of ether oxygens (including phenoxy) is 1. The third-order valence-electron chi connectivity index (χ3n) is 4.86. The number of benzene rings is 3. The highest BCUT2D eigenvalue weighted by Crippen LogP contribution is 2.42. The van der Waals surface area contributed by atoms with E-state index in [1.807, 2.05) is 62.4 Å². The fraction of sp³-hybridized carbons (Fsp3) is 0.174. The number of hydrogen-bond donors (Lipinski definition) is 2. The van der Waals surface area contributed by atoms with Crippen molar-refractivity contribution in [3.8, 4) is 11.5 Å². The maximum atomic E-state index is 13.4. The van der Waals surface area contributed by atoms with Crippen LogP contribution in [-0.4, -0.2) is 17.6 Å². The lowest BCUT2D eigenvalue weighted by atomic mass is 10.0. The Labute approximate surface area is 164 Å². The van der Waals surface area contributed by atoms with Crippen LogP contribution in [0.2, 0.25) is 0 Å². The first-order chi connectivity index (χ1) is 13.6. The lowest BCUT2D eigenvalue weighted by Gasteiger charge is -2.38. The zero-order valence-corrected chi connectivity index (χ0v) is 15.8. The van der Waals surface area contributed by atoms with Gasteiger partial charge in [-0.1, -0.05) is 42.0 Å². The van der Waals surface area contributed by atoms with E-state index < -0.39 is 6.17 Å². The average Bonchev–Trinajstić information content (AvgIpc) is 2.71. The number of aromatic hydroxyl groups is 1. The van der Waals surface area contributed by atoms with Gasteiger partial charge in [0, 0.05) is 16.9 Å². The van der Waals surface area contributed by atoms with E-state index in [1.54, 1.807) is 23.1 Å². The second-order valence-electron chi connectivity index (χ2n) is 6.73. The smallest absolute Gasteiger partial charge is 0.262 e. The number of hydrogen-bond acceptors (Lipinski definition) is 4. The summed E-state index contributed by atoms with van der Waals surface area (Å²) in [4.78, 5) is 15.1. The molecule has 0 aromatic heterocycles. The SMILES string of the molecule is CCOc1cccc([C@@H]2Nc3ccccc3C(=O)N2c2ccc(C)cc2)c1O. The molecule has 0 unspecified atom stereocenters. The van der Waals surface area contributed by atoms with Gasteiger partial charge in [-0.05, 0) is 44.2 Å². The third kappa shape index (κ3) is 3.05. The lowest BCUT2D eigenvalue weighted by Crippen LogP contribution is -2.43. The molecule has 3 aromatic rings. The summed E-state index contributed by atoms with van der Waals surface area (Å²) in [6.45, 7) is 4.31. The number of phenolic OH excluding ortho intramolecular Hbond substituents is 1. The zero-order chi connectivity index (χ0) is 19.7. The van der Waals surface area contributed by atoms with E-state index in [1.165, 1.54) is 0 Å². The van der Waals surface area contributed by atoms with Crippen molar-refractivity contribution in [2.75, 3.05) is 16.8 Å². The molecule has 4 rings (SSSR count). The summed E-state index contributed by atoms with van der Waals surface area (Å²) in [6, 6.07) is 20.5. The molecule has 142 valence electrons. The first kappa shape index (κ1) is 17.9. The quantitative estimate of drug-likeness (QED) is 0.684. The van der Waals surface area contributed by atoms with Crippen molar-refractivity contribution in [3.05, 3.63) is 83.4 Å². The van der Waals surface area contributed by atoms with E-state index >= 15 is 0 Å². The molecule has 28 heavy (non-hydrogen) atoms. The van der Waals surface area contributed by atoms with Gasteiger partial charge < -0.3 is 15.2 Å². The van der Waals surface area contributed by atoms with Crippen molar-refractivity contribution in [1.82, 2.24) is 0 Å². The second-order valence-corrected chi connectivity index (χ2v) is 6.73. The van der Waals surface area contributed by atoms with Crippen molar-refractivity contribution in [1.29, 1.82) is 0 Å². The molecular formula is C23H22N2O3. The number of phenols is 1. The minimum absolute atomic E-state index is 0.0335. The molecule has 5 heteroatoms. The lowest BCUT2D eigenvalue weighted by molar-refractivity contribution is 0.0974. The first-order valence-electron chi connectivity index (χ1n) is 9.30. The molecule has 0 aliphatic carbocycles. The maximum Gasteiger partial charge on any atom is 0.262 e. The van der Waals surface area contributed by atoms with Gasteiger partial charge in [0.05, 0.1) is 12.2 Å². The number of fused-ring (bicyclic) bond motifs is 1. The molecule has 0 bridgehead atoms. The summed E-state index contributed by atoms with van der Waals surface area (Å²) in [5.74, 6) is 0.313. The van der Waals surface area contributed by atoms with E-state index in [-0.39, 0.29) is 11.7 Å². The monoisotopic (exact) mass is 374 g/mol. The zero-order valence-electron chi connectivity index (χ0n) is 15.8. The highest BCUT2D eigenvalue weighted by atomic mass is 16.5. The Morgan fingerprint density at radius 2 is 1.79 bits per heavy atom. The third-order valence-corrected chi connectivity index (χ3v) is 4.86. The van der Waals surface area contributed by atoms with Gasteiger partial charge in [0.15, 0.2) is 11.5 Å². The number of aryl methyl sites for hydroxylation is 1. The minimum atomic E-state index is -0.564. The fourth-order valence-electron chi connectivity index (χ4n) is 3.47. The van der Waals surface area contributed by atoms with Crippen molar-refractivity contribution in [3.63, 3.8) is 0 Å². The maximum absolute atomic E-state index is 13.4. The minimum Gasteiger partial charge on any atom is -0.504 e. The Balaban J connectivity index is 1.87. The van der Waals surface area contributed by atoms with Crippen LogP contribution in [0.3, 0.4) is 0 Å². The van der Waals surface area contributed by atoms with Gasteiger partial charge in [-0.25, -0.2) is 0 Å². The van der Waals surface area contributed by atoms with Crippen molar-refractivity contribution >= 4 is 17.3 Å². The molecular weight excluding hydrogens is 352 g/mol. The van der Waals surface area contributed by atoms with Crippen LogP contribution >= 0.6 is 0 Å². The highest BCUT2D eigenvalue weighted by Gasteiger charge is 2.35. The first-order valence-corrected chi connectivity index (χ1v) is 9.30. The van der Waals surface area contributed by atoms with Crippen LogP contribution in [-0.2, 0) is 0 Å². The Morgan fingerprint density at radius 3 is 2.54 bits per heavy atom. The number of anilines is 2. The van der Waals surface area contributed by atoms with Gasteiger partial charge in [0.25, 0.3) is 5.91 Å². The molecule has 0 spiro atoms. The summed E-state index contributed by atoms with van der Waals surface area (Å²) in [5, 5.41) is 14.2. The second kappa shape index (κ2) is 7.27. The van der Waals surface area contributed by atoms with Crippen LogP contribution in [0.5, 0.6) is 11.5 Å². The largest absolute Gasteiger partial charge is 0.504 e. The summed E-state index contributed by atoms with van der Waals surface area (Å²) >= 11 is 0. The van der Waals surface area contributed by atoms with E-state index in [4.69, 9.17) is 4.74 Å². The normalized spacial score (nSPS) is 15.7. The molecule has 1 amide bonds. The van der Waals surface area contributed by atoms with Crippen LogP contribution in [0.25, 0.3) is 0 Å². The molecule has 1 aliphatic rings. The molecule has 2 N–H and O–H groups in total. The number of carbonyl (C=O) groups excluding carboxylic acids is 1. The topological polar surface area (TPSA) is 61.8 Å². The number of carbonyl (C=O) groups is 1. The standard InChI is InChI=1S/C23H22N2O3/c1-3-28-20-10-6-8-18(21(20)26)22-24-19-9-5-4-7-17(19)23(27)25(22)16-13-11-15(2)12-14-16/h4-14,22,24,26H,3H2,1-2H3/t22-/m1/s1. The van der Waals surface area contributed by atoms with E-state index in [2.05, 4.69) is 5.32 Å². The number of rotatable bonds is 4. The number of amides is 1. The molecule has 0 radical (unpaired) electrons.